The van der Waals surface area contributed by atoms with Gasteiger partial charge in [-0.25, -0.2) is 0 Å². The molecule has 0 aromatic carbocycles. The van der Waals surface area contributed by atoms with E-state index in [1.165, 1.54) is 6.66 Å². The van der Waals surface area contributed by atoms with Crippen molar-refractivity contribution in [3.63, 3.8) is 0 Å². The minimum Gasteiger partial charge on any atom is -0.382 e. The van der Waals surface area contributed by atoms with Crippen LogP contribution in [0.25, 0.3) is 0 Å². The van der Waals surface area contributed by atoms with Crippen LogP contribution in [0.2, 0.25) is 0 Å². The first-order chi connectivity index (χ1) is 8.69. The molecule has 0 aliphatic carbocycles. The van der Waals surface area contributed by atoms with Gasteiger partial charge in [0.15, 0.2) is 0 Å². The molecule has 4 atom stereocenters. The van der Waals surface area contributed by atoms with E-state index in [0.29, 0.717) is 24.9 Å². The molecule has 2 radical (unpaired) electrons. The highest BCUT2D eigenvalue weighted by Gasteiger charge is 2.37. The van der Waals surface area contributed by atoms with E-state index in [-0.39, 0.29) is 18.2 Å². The molecule has 0 spiro atoms. The Morgan fingerprint density at radius 3 is 2.47 bits per heavy atom. The zero-order valence-electron chi connectivity index (χ0n) is 12.7. The molecule has 2 unspecified atom stereocenters. The molecule has 1 aliphatic heterocycles. The van der Waals surface area contributed by atoms with E-state index < -0.39 is 7.60 Å². The van der Waals surface area contributed by atoms with Crippen molar-refractivity contribution >= 4 is 15.4 Å². The van der Waals surface area contributed by atoms with Gasteiger partial charge >= 0.3 is 7.60 Å². The van der Waals surface area contributed by atoms with E-state index in [4.69, 9.17) is 21.6 Å². The highest BCUT2D eigenvalue weighted by molar-refractivity contribution is 7.53. The molecule has 0 N–H and O–H groups in total. The Bertz CT molecular complexity index is 322. The van der Waals surface area contributed by atoms with Crippen LogP contribution in [0.3, 0.4) is 0 Å². The van der Waals surface area contributed by atoms with E-state index in [9.17, 15) is 4.57 Å². The van der Waals surface area contributed by atoms with Crippen LogP contribution in [0.4, 0.5) is 0 Å². The minimum absolute atomic E-state index is 0.0917. The summed E-state index contributed by atoms with van der Waals surface area (Å²) in [6.45, 7) is 10.2. The summed E-state index contributed by atoms with van der Waals surface area (Å²) in [6, 6.07) is -0.334. The second-order valence-corrected chi connectivity index (χ2v) is 8.19. The zero-order chi connectivity index (χ0) is 14.6. The Labute approximate surface area is 118 Å². The first kappa shape index (κ1) is 17.2. The highest BCUT2D eigenvalue weighted by atomic mass is 31.2. The molecule has 1 saturated heterocycles. The summed E-state index contributed by atoms with van der Waals surface area (Å²) < 4.78 is 28.9. The fourth-order valence-corrected chi connectivity index (χ4v) is 3.44. The van der Waals surface area contributed by atoms with Crippen molar-refractivity contribution in [3.05, 3.63) is 0 Å². The Balaban J connectivity index is 2.55. The molecular formula is C13H26BO4P. The molecule has 6 heteroatoms. The normalized spacial score (nSPS) is 31.0. The molecule has 0 amide bonds. The van der Waals surface area contributed by atoms with Gasteiger partial charge in [0, 0.05) is 12.7 Å². The lowest BCUT2D eigenvalue weighted by molar-refractivity contribution is 0.0221. The third kappa shape index (κ3) is 6.44. The number of rotatable bonds is 7. The first-order valence-corrected chi connectivity index (χ1v) is 9.00. The Hall–Kier alpha value is 0.175. The van der Waals surface area contributed by atoms with Crippen molar-refractivity contribution in [2.24, 2.45) is 11.8 Å². The van der Waals surface area contributed by atoms with Crippen molar-refractivity contribution in [2.45, 2.75) is 58.7 Å². The standard InChI is InChI=1S/C13H26BO4P/c1-9(2)6-11-12(7-13(14)17-11)18-19(5,15)16-8-10(3)4/h9-13H,6-8H2,1-5H3/t11-,12?,13-,19?/m1/s1. The van der Waals surface area contributed by atoms with Crippen molar-refractivity contribution < 1.29 is 18.3 Å². The van der Waals surface area contributed by atoms with Crippen LogP contribution in [-0.2, 0) is 18.3 Å². The summed E-state index contributed by atoms with van der Waals surface area (Å²) >= 11 is 0. The molecule has 1 rings (SSSR count). The molecule has 0 bridgehead atoms. The maximum atomic E-state index is 12.3. The minimum atomic E-state index is -3.04. The summed E-state index contributed by atoms with van der Waals surface area (Å²) in [5.41, 5.74) is 0. The summed E-state index contributed by atoms with van der Waals surface area (Å²) in [6.07, 6.45) is 1.09. The summed E-state index contributed by atoms with van der Waals surface area (Å²) in [5, 5.41) is 0. The number of hydrogen-bond acceptors (Lipinski definition) is 4. The van der Waals surface area contributed by atoms with Crippen LogP contribution in [0.5, 0.6) is 0 Å². The third-order valence-electron chi connectivity index (χ3n) is 2.90. The zero-order valence-corrected chi connectivity index (χ0v) is 13.6. The summed E-state index contributed by atoms with van der Waals surface area (Å²) in [4.78, 5) is 0. The van der Waals surface area contributed by atoms with Gasteiger partial charge in [-0.1, -0.05) is 27.7 Å². The Morgan fingerprint density at radius 1 is 1.32 bits per heavy atom. The second kappa shape index (κ2) is 7.26. The van der Waals surface area contributed by atoms with Crippen molar-refractivity contribution in [3.8, 4) is 0 Å². The lowest BCUT2D eigenvalue weighted by Crippen LogP contribution is -2.25. The van der Waals surface area contributed by atoms with Gasteiger partial charge in [-0.3, -0.25) is 4.57 Å². The fourth-order valence-electron chi connectivity index (χ4n) is 2.09. The second-order valence-electron chi connectivity index (χ2n) is 6.18. The lowest BCUT2D eigenvalue weighted by atomic mass is 9.95. The maximum absolute atomic E-state index is 12.3. The molecule has 1 fully saturated rings. The van der Waals surface area contributed by atoms with Crippen LogP contribution >= 0.6 is 7.60 Å². The predicted molar refractivity (Wildman–Crippen MR) is 77.7 cm³/mol. The SMILES string of the molecule is [B][C@H]1CC(OP(C)(=O)OCC(C)C)[C@@H](CC(C)C)O1. The van der Waals surface area contributed by atoms with E-state index in [1.54, 1.807) is 0 Å². The summed E-state index contributed by atoms with van der Waals surface area (Å²) in [7, 11) is 2.76. The van der Waals surface area contributed by atoms with Gasteiger partial charge in [0.05, 0.1) is 18.8 Å². The lowest BCUT2D eigenvalue weighted by Gasteiger charge is -2.24. The van der Waals surface area contributed by atoms with Gasteiger partial charge in [0.1, 0.15) is 7.85 Å². The number of ether oxygens (including phenoxy) is 1. The van der Waals surface area contributed by atoms with Crippen LogP contribution in [0.15, 0.2) is 0 Å². The van der Waals surface area contributed by atoms with Crippen LogP contribution < -0.4 is 0 Å². The Morgan fingerprint density at radius 2 is 1.95 bits per heavy atom. The molecule has 0 aromatic rings. The Kier molecular flexibility index (Phi) is 6.58. The number of hydrogen-bond donors (Lipinski definition) is 0. The molecule has 0 saturated carbocycles. The third-order valence-corrected chi connectivity index (χ3v) is 4.17. The van der Waals surface area contributed by atoms with E-state index in [0.717, 1.165) is 6.42 Å². The largest absolute Gasteiger partial charge is 0.382 e. The van der Waals surface area contributed by atoms with Crippen molar-refractivity contribution in [1.82, 2.24) is 0 Å². The van der Waals surface area contributed by atoms with Gasteiger partial charge in [0.25, 0.3) is 0 Å². The van der Waals surface area contributed by atoms with Gasteiger partial charge < -0.3 is 13.8 Å². The smallest absolute Gasteiger partial charge is 0.328 e. The molecular weight excluding hydrogens is 262 g/mol. The monoisotopic (exact) mass is 288 g/mol. The fraction of sp³-hybridized carbons (Fsp3) is 1.00. The van der Waals surface area contributed by atoms with Gasteiger partial charge in [-0.15, -0.1) is 0 Å². The molecule has 4 nitrogen and oxygen atoms in total. The summed E-state index contributed by atoms with van der Waals surface area (Å²) in [5.74, 6) is 0.805. The average Bonchev–Trinajstić information content (AvgIpc) is 2.54. The van der Waals surface area contributed by atoms with Crippen LogP contribution in [-0.4, -0.2) is 39.3 Å². The van der Waals surface area contributed by atoms with E-state index in [2.05, 4.69) is 13.8 Å². The first-order valence-electron chi connectivity index (χ1n) is 7.01. The van der Waals surface area contributed by atoms with Crippen molar-refractivity contribution in [1.29, 1.82) is 0 Å². The highest BCUT2D eigenvalue weighted by Crippen LogP contribution is 2.48. The average molecular weight is 288 g/mol. The molecule has 0 aromatic heterocycles. The topological polar surface area (TPSA) is 44.8 Å². The van der Waals surface area contributed by atoms with Gasteiger partial charge in [-0.05, 0) is 24.7 Å². The predicted octanol–water partition coefficient (Wildman–Crippen LogP) is 3.20. The molecule has 110 valence electrons. The van der Waals surface area contributed by atoms with Crippen LogP contribution in [0.1, 0.15) is 40.5 Å². The maximum Gasteiger partial charge on any atom is 0.328 e. The van der Waals surface area contributed by atoms with Gasteiger partial charge in [0.2, 0.25) is 0 Å². The van der Waals surface area contributed by atoms with E-state index >= 15 is 0 Å². The molecule has 19 heavy (non-hydrogen) atoms. The van der Waals surface area contributed by atoms with Crippen molar-refractivity contribution in [2.75, 3.05) is 13.3 Å². The van der Waals surface area contributed by atoms with Gasteiger partial charge in [-0.2, -0.15) is 0 Å². The van der Waals surface area contributed by atoms with Crippen LogP contribution in [0, 0.1) is 11.8 Å². The quantitative estimate of drug-likeness (QED) is 0.533. The molecule has 1 heterocycles. The molecule has 1 aliphatic rings. The van der Waals surface area contributed by atoms with E-state index in [1.807, 2.05) is 13.8 Å².